The normalized spacial score (nSPS) is 15.7. The van der Waals surface area contributed by atoms with Gasteiger partial charge in [0.1, 0.15) is 23.9 Å². The number of carboxylic acids is 1. The Morgan fingerprint density at radius 2 is 1.83 bits per heavy atom. The highest BCUT2D eigenvalue weighted by Gasteiger charge is 2.30. The predicted octanol–water partition coefficient (Wildman–Crippen LogP) is 3.11. The Morgan fingerprint density at radius 3 is 2.52 bits per heavy atom. The predicted molar refractivity (Wildman–Crippen MR) is 103 cm³/mol. The van der Waals surface area contributed by atoms with Crippen LogP contribution in [0.15, 0.2) is 48.0 Å². The van der Waals surface area contributed by atoms with E-state index in [1.165, 1.54) is 12.1 Å². The van der Waals surface area contributed by atoms with Gasteiger partial charge >= 0.3 is 5.97 Å². The number of carbonyl (C=O) groups is 2. The van der Waals surface area contributed by atoms with Gasteiger partial charge in [-0.25, -0.2) is 9.18 Å². The molecule has 2 aromatic rings. The number of fused-ring (bicyclic) bond motifs is 1. The van der Waals surface area contributed by atoms with Gasteiger partial charge in [-0.05, 0) is 48.7 Å². The first kappa shape index (κ1) is 19.0. The third-order valence-corrected chi connectivity index (χ3v) is 5.04. The third kappa shape index (κ3) is 3.94. The summed E-state index contributed by atoms with van der Waals surface area (Å²) in [6.07, 6.45) is 1.94. The van der Waals surface area contributed by atoms with Crippen LogP contribution in [0.25, 0.3) is 5.57 Å². The molecule has 2 heterocycles. The molecule has 29 heavy (non-hydrogen) atoms. The lowest BCUT2D eigenvalue weighted by molar-refractivity contribution is -0.139. The number of likely N-dealkylation sites (tertiary alicyclic amines) is 1. The van der Waals surface area contributed by atoms with E-state index < -0.39 is 12.6 Å². The van der Waals surface area contributed by atoms with E-state index in [9.17, 15) is 14.0 Å². The van der Waals surface area contributed by atoms with Crippen LogP contribution in [-0.4, -0.2) is 48.2 Å². The number of halogens is 1. The standard InChI is InChI=1S/C22H20FNO5/c23-15-5-3-14(4-6-15)21-17-11-16(28-13-20(25)26)7-8-19(17)29-12-18(21)22(27)24-9-1-2-10-24/h3-8,11H,1-2,9-10,12-13H2,(H,25,26). The fourth-order valence-electron chi connectivity index (χ4n) is 3.68. The highest BCUT2D eigenvalue weighted by Crippen LogP contribution is 2.40. The second-order valence-corrected chi connectivity index (χ2v) is 6.99. The Morgan fingerprint density at radius 1 is 1.10 bits per heavy atom. The zero-order valence-electron chi connectivity index (χ0n) is 15.7. The summed E-state index contributed by atoms with van der Waals surface area (Å²) in [5.74, 6) is -0.635. The molecule has 7 heteroatoms. The first-order valence-electron chi connectivity index (χ1n) is 9.43. The minimum atomic E-state index is -1.09. The second-order valence-electron chi connectivity index (χ2n) is 6.99. The summed E-state index contributed by atoms with van der Waals surface area (Å²) >= 11 is 0. The van der Waals surface area contributed by atoms with Crippen molar-refractivity contribution < 1.29 is 28.6 Å². The molecule has 1 amide bonds. The minimum absolute atomic E-state index is 0.0932. The Bertz CT molecular complexity index is 977. The number of hydrogen-bond acceptors (Lipinski definition) is 4. The highest BCUT2D eigenvalue weighted by molar-refractivity contribution is 6.06. The zero-order chi connectivity index (χ0) is 20.4. The van der Waals surface area contributed by atoms with E-state index >= 15 is 0 Å². The highest BCUT2D eigenvalue weighted by atomic mass is 19.1. The molecule has 2 aliphatic rings. The van der Waals surface area contributed by atoms with Crippen molar-refractivity contribution >= 4 is 17.4 Å². The molecule has 4 rings (SSSR count). The number of aliphatic carboxylic acids is 1. The molecule has 1 N–H and O–H groups in total. The molecule has 0 spiro atoms. The molecule has 0 bridgehead atoms. The van der Waals surface area contributed by atoms with Gasteiger partial charge in [-0.1, -0.05) is 12.1 Å². The van der Waals surface area contributed by atoms with E-state index in [2.05, 4.69) is 0 Å². The van der Waals surface area contributed by atoms with E-state index in [0.29, 0.717) is 46.9 Å². The van der Waals surface area contributed by atoms with Gasteiger partial charge in [-0.3, -0.25) is 4.79 Å². The Balaban J connectivity index is 1.82. The van der Waals surface area contributed by atoms with Crippen molar-refractivity contribution in [2.75, 3.05) is 26.3 Å². The van der Waals surface area contributed by atoms with Crippen molar-refractivity contribution in [1.29, 1.82) is 0 Å². The van der Waals surface area contributed by atoms with Crippen molar-refractivity contribution in [2.24, 2.45) is 0 Å². The van der Waals surface area contributed by atoms with Crippen molar-refractivity contribution in [3.63, 3.8) is 0 Å². The number of carboxylic acid groups (broad SMARTS) is 1. The van der Waals surface area contributed by atoms with Gasteiger partial charge < -0.3 is 19.5 Å². The maximum atomic E-state index is 13.5. The molecule has 1 saturated heterocycles. The smallest absolute Gasteiger partial charge is 0.341 e. The molecule has 2 aromatic carbocycles. The monoisotopic (exact) mass is 397 g/mol. The summed E-state index contributed by atoms with van der Waals surface area (Å²) in [6, 6.07) is 10.9. The van der Waals surface area contributed by atoms with Crippen molar-refractivity contribution in [1.82, 2.24) is 4.90 Å². The molecule has 0 radical (unpaired) electrons. The summed E-state index contributed by atoms with van der Waals surface area (Å²) in [4.78, 5) is 25.8. The third-order valence-electron chi connectivity index (χ3n) is 5.04. The maximum absolute atomic E-state index is 13.5. The molecular formula is C22H20FNO5. The Kier molecular flexibility index (Phi) is 5.20. The lowest BCUT2D eigenvalue weighted by Gasteiger charge is -2.27. The first-order chi connectivity index (χ1) is 14.0. The lowest BCUT2D eigenvalue weighted by atomic mass is 9.90. The molecule has 0 saturated carbocycles. The number of nitrogens with zero attached hydrogens (tertiary/aromatic N) is 1. The van der Waals surface area contributed by atoms with Gasteiger partial charge in [-0.2, -0.15) is 0 Å². The first-order valence-corrected chi connectivity index (χ1v) is 9.43. The minimum Gasteiger partial charge on any atom is -0.488 e. The van der Waals surface area contributed by atoms with Crippen molar-refractivity contribution in [3.05, 3.63) is 65.0 Å². The van der Waals surface area contributed by atoms with E-state index in [-0.39, 0.29) is 18.3 Å². The fraction of sp³-hybridized carbons (Fsp3) is 0.273. The van der Waals surface area contributed by atoms with Gasteiger partial charge in [0.15, 0.2) is 6.61 Å². The van der Waals surface area contributed by atoms with E-state index in [1.54, 1.807) is 35.2 Å². The van der Waals surface area contributed by atoms with E-state index in [1.807, 2.05) is 0 Å². The average Bonchev–Trinajstić information content (AvgIpc) is 3.26. The van der Waals surface area contributed by atoms with E-state index in [0.717, 1.165) is 12.8 Å². The topological polar surface area (TPSA) is 76.1 Å². The number of hydrogen-bond donors (Lipinski definition) is 1. The van der Waals surface area contributed by atoms with Crippen LogP contribution in [0.2, 0.25) is 0 Å². The lowest BCUT2D eigenvalue weighted by Crippen LogP contribution is -2.33. The number of carbonyl (C=O) groups excluding carboxylic acids is 1. The number of benzene rings is 2. The van der Waals surface area contributed by atoms with Crippen LogP contribution in [0.3, 0.4) is 0 Å². The molecule has 0 aliphatic carbocycles. The Labute approximate surface area is 167 Å². The van der Waals surface area contributed by atoms with Crippen LogP contribution >= 0.6 is 0 Å². The number of amides is 1. The molecule has 1 fully saturated rings. The summed E-state index contributed by atoms with van der Waals surface area (Å²) < 4.78 is 24.6. The van der Waals surface area contributed by atoms with Crippen LogP contribution in [0, 0.1) is 5.82 Å². The van der Waals surface area contributed by atoms with Crippen molar-refractivity contribution in [3.8, 4) is 11.5 Å². The Hall–Kier alpha value is -3.35. The summed E-state index contributed by atoms with van der Waals surface area (Å²) in [5.41, 5.74) is 2.47. The molecular weight excluding hydrogens is 377 g/mol. The van der Waals surface area contributed by atoms with Crippen LogP contribution < -0.4 is 9.47 Å². The van der Waals surface area contributed by atoms with Gasteiger partial charge in [-0.15, -0.1) is 0 Å². The summed E-state index contributed by atoms with van der Waals surface area (Å²) in [5, 5.41) is 8.86. The molecule has 0 atom stereocenters. The van der Waals surface area contributed by atoms with Crippen LogP contribution in [0.5, 0.6) is 11.5 Å². The second kappa shape index (κ2) is 7.95. The largest absolute Gasteiger partial charge is 0.488 e. The SMILES string of the molecule is O=C(O)COc1ccc2c(c1)C(c1ccc(F)cc1)=C(C(=O)N1CCCC1)CO2. The summed E-state index contributed by atoms with van der Waals surface area (Å²) in [6.45, 7) is 1.04. The quantitative estimate of drug-likeness (QED) is 0.839. The molecule has 6 nitrogen and oxygen atoms in total. The van der Waals surface area contributed by atoms with Crippen LogP contribution in [0.4, 0.5) is 4.39 Å². The number of rotatable bonds is 5. The van der Waals surface area contributed by atoms with E-state index in [4.69, 9.17) is 14.6 Å². The van der Waals surface area contributed by atoms with Gasteiger partial charge in [0, 0.05) is 24.2 Å². The van der Waals surface area contributed by atoms with Gasteiger partial charge in [0.05, 0.1) is 5.57 Å². The molecule has 150 valence electrons. The number of ether oxygens (including phenoxy) is 2. The van der Waals surface area contributed by atoms with Gasteiger partial charge in [0.2, 0.25) is 0 Å². The zero-order valence-corrected chi connectivity index (χ0v) is 15.7. The van der Waals surface area contributed by atoms with Gasteiger partial charge in [0.25, 0.3) is 5.91 Å². The summed E-state index contributed by atoms with van der Waals surface area (Å²) in [7, 11) is 0. The molecule has 2 aliphatic heterocycles. The molecule has 0 unspecified atom stereocenters. The maximum Gasteiger partial charge on any atom is 0.341 e. The average molecular weight is 397 g/mol. The molecule has 0 aromatic heterocycles. The van der Waals surface area contributed by atoms with Crippen LogP contribution in [0.1, 0.15) is 24.0 Å². The van der Waals surface area contributed by atoms with Crippen LogP contribution in [-0.2, 0) is 9.59 Å². The van der Waals surface area contributed by atoms with Crippen molar-refractivity contribution in [2.45, 2.75) is 12.8 Å². The fourth-order valence-corrected chi connectivity index (χ4v) is 3.68.